The van der Waals surface area contributed by atoms with Crippen molar-refractivity contribution < 1.29 is 4.43 Å². The molecule has 0 aliphatic carbocycles. The van der Waals surface area contributed by atoms with Gasteiger partial charge in [0.1, 0.15) is 0 Å². The molecule has 0 N–H and O–H groups in total. The summed E-state index contributed by atoms with van der Waals surface area (Å²) in [6.45, 7) is 5.95. The highest BCUT2D eigenvalue weighted by atomic mass is 28.3. The molecule has 0 fully saturated rings. The van der Waals surface area contributed by atoms with E-state index >= 15 is 0 Å². The summed E-state index contributed by atoms with van der Waals surface area (Å²) >= 11 is 0. The molecule has 0 bridgehead atoms. The highest BCUT2D eigenvalue weighted by Gasteiger charge is 2.11. The minimum absolute atomic E-state index is 1.14. The zero-order valence-corrected chi connectivity index (χ0v) is 10.1. The smallest absolute Gasteiger partial charge is 0.207 e. The van der Waals surface area contributed by atoms with Gasteiger partial charge in [0.2, 0.25) is 9.04 Å². The van der Waals surface area contributed by atoms with Crippen molar-refractivity contribution in [1.29, 1.82) is 0 Å². The number of benzene rings is 1. The van der Waals surface area contributed by atoms with Gasteiger partial charge < -0.3 is 4.43 Å². The molecular weight excluding hydrogens is 188 g/mol. The Kier molecular flexibility index (Phi) is 4.63. The van der Waals surface area contributed by atoms with Crippen molar-refractivity contribution in [3.63, 3.8) is 0 Å². The molecule has 0 amide bonds. The fourth-order valence-electron chi connectivity index (χ4n) is 1.53. The van der Waals surface area contributed by atoms with E-state index < -0.39 is 9.04 Å². The molecule has 14 heavy (non-hydrogen) atoms. The second kappa shape index (κ2) is 5.78. The molecule has 1 aromatic carbocycles. The lowest BCUT2D eigenvalue weighted by molar-refractivity contribution is 0.428. The summed E-state index contributed by atoms with van der Waals surface area (Å²) in [6, 6.07) is 9.78. The molecule has 0 saturated carbocycles. The molecule has 0 radical (unpaired) electrons. The Morgan fingerprint density at radius 1 is 1.36 bits per heavy atom. The third-order valence-corrected chi connectivity index (χ3v) is 5.18. The van der Waals surface area contributed by atoms with Gasteiger partial charge in [-0.1, -0.05) is 50.3 Å². The van der Waals surface area contributed by atoms with Crippen molar-refractivity contribution in [2.75, 3.05) is 7.11 Å². The Hall–Kier alpha value is -0.863. The molecule has 0 heterocycles. The molecule has 1 atom stereocenters. The lowest BCUT2D eigenvalue weighted by Crippen LogP contribution is -2.31. The van der Waals surface area contributed by atoms with Gasteiger partial charge in [0.15, 0.2) is 0 Å². The normalized spacial score (nSPS) is 12.4. The Bertz CT molecular complexity index is 279. The van der Waals surface area contributed by atoms with Gasteiger partial charge in [-0.3, -0.25) is 0 Å². The third kappa shape index (κ3) is 2.82. The van der Waals surface area contributed by atoms with Crippen molar-refractivity contribution in [2.45, 2.75) is 19.4 Å². The molecule has 1 aromatic rings. The molecule has 0 saturated heterocycles. The predicted molar refractivity (Wildman–Crippen MR) is 65.4 cm³/mol. The SMILES string of the molecule is C=Cc1ccc([SiH](CCC)OC)cc1. The van der Waals surface area contributed by atoms with Gasteiger partial charge >= 0.3 is 0 Å². The maximum atomic E-state index is 5.56. The molecule has 1 rings (SSSR count). The first-order valence-electron chi connectivity index (χ1n) is 5.07. The monoisotopic (exact) mass is 206 g/mol. The zero-order chi connectivity index (χ0) is 10.4. The first-order chi connectivity index (χ1) is 6.81. The van der Waals surface area contributed by atoms with Gasteiger partial charge in [-0.15, -0.1) is 0 Å². The van der Waals surface area contributed by atoms with Crippen LogP contribution in [-0.4, -0.2) is 16.2 Å². The van der Waals surface area contributed by atoms with Crippen molar-refractivity contribution in [3.8, 4) is 0 Å². The molecule has 0 spiro atoms. The van der Waals surface area contributed by atoms with E-state index in [1.165, 1.54) is 23.2 Å². The highest BCUT2D eigenvalue weighted by molar-refractivity contribution is 6.67. The standard InChI is InChI=1S/C12H18OSi/c1-4-10-14(13-3)12-8-6-11(5-2)7-9-12/h5-9,14H,2,4,10H2,1,3H3. The van der Waals surface area contributed by atoms with Crippen LogP contribution in [0.4, 0.5) is 0 Å². The Morgan fingerprint density at radius 2 is 2.00 bits per heavy atom. The predicted octanol–water partition coefficient (Wildman–Crippen LogP) is 2.32. The molecule has 0 aliphatic rings. The quantitative estimate of drug-likeness (QED) is 0.672. The molecular formula is C12H18OSi. The van der Waals surface area contributed by atoms with Crippen LogP contribution < -0.4 is 5.19 Å². The molecule has 2 heteroatoms. The molecule has 76 valence electrons. The summed E-state index contributed by atoms with van der Waals surface area (Å²) in [4.78, 5) is 0. The Labute approximate surface area is 88.1 Å². The van der Waals surface area contributed by atoms with Gasteiger partial charge in [-0.05, 0) is 16.8 Å². The topological polar surface area (TPSA) is 9.23 Å². The fraction of sp³-hybridized carbons (Fsp3) is 0.333. The van der Waals surface area contributed by atoms with Crippen LogP contribution in [0.2, 0.25) is 6.04 Å². The average Bonchev–Trinajstić information content (AvgIpc) is 2.26. The summed E-state index contributed by atoms with van der Waals surface area (Å²) in [5.41, 5.74) is 1.18. The second-order valence-corrected chi connectivity index (χ2v) is 6.08. The van der Waals surface area contributed by atoms with E-state index in [0.717, 1.165) is 0 Å². The van der Waals surface area contributed by atoms with Gasteiger partial charge in [0.25, 0.3) is 0 Å². The highest BCUT2D eigenvalue weighted by Crippen LogP contribution is 2.03. The van der Waals surface area contributed by atoms with Crippen LogP contribution in [0.15, 0.2) is 30.8 Å². The van der Waals surface area contributed by atoms with E-state index in [2.05, 4.69) is 37.8 Å². The minimum atomic E-state index is -1.14. The molecule has 0 aliphatic heterocycles. The largest absolute Gasteiger partial charge is 0.418 e. The van der Waals surface area contributed by atoms with Crippen LogP contribution in [0, 0.1) is 0 Å². The van der Waals surface area contributed by atoms with E-state index in [-0.39, 0.29) is 0 Å². The van der Waals surface area contributed by atoms with E-state index in [0.29, 0.717) is 0 Å². The molecule has 1 unspecified atom stereocenters. The van der Waals surface area contributed by atoms with Gasteiger partial charge in [-0.25, -0.2) is 0 Å². The van der Waals surface area contributed by atoms with Crippen LogP contribution in [-0.2, 0) is 4.43 Å². The minimum Gasteiger partial charge on any atom is -0.418 e. The fourth-order valence-corrected chi connectivity index (χ4v) is 3.52. The lowest BCUT2D eigenvalue weighted by atomic mass is 10.2. The van der Waals surface area contributed by atoms with Crippen LogP contribution in [0.5, 0.6) is 0 Å². The maximum absolute atomic E-state index is 5.56. The average molecular weight is 206 g/mol. The van der Waals surface area contributed by atoms with Gasteiger partial charge in [-0.2, -0.15) is 0 Å². The Balaban J connectivity index is 2.77. The molecule has 0 aromatic heterocycles. The van der Waals surface area contributed by atoms with E-state index in [9.17, 15) is 0 Å². The third-order valence-electron chi connectivity index (χ3n) is 2.38. The van der Waals surface area contributed by atoms with E-state index in [1.807, 2.05) is 13.2 Å². The summed E-state index contributed by atoms with van der Waals surface area (Å²) < 4.78 is 5.56. The summed E-state index contributed by atoms with van der Waals surface area (Å²) in [5, 5.41) is 1.39. The number of hydrogen-bond donors (Lipinski definition) is 0. The first kappa shape index (κ1) is 11.2. The van der Waals surface area contributed by atoms with Crippen LogP contribution >= 0.6 is 0 Å². The number of hydrogen-bond acceptors (Lipinski definition) is 1. The van der Waals surface area contributed by atoms with Crippen LogP contribution in [0.3, 0.4) is 0 Å². The first-order valence-corrected chi connectivity index (χ1v) is 6.93. The van der Waals surface area contributed by atoms with Crippen LogP contribution in [0.25, 0.3) is 6.08 Å². The summed E-state index contributed by atoms with van der Waals surface area (Å²) in [5.74, 6) is 0. The Morgan fingerprint density at radius 3 is 2.43 bits per heavy atom. The van der Waals surface area contributed by atoms with Gasteiger partial charge in [0.05, 0.1) is 0 Å². The summed E-state index contributed by atoms with van der Waals surface area (Å²) in [7, 11) is 0.690. The summed E-state index contributed by atoms with van der Waals surface area (Å²) in [6.07, 6.45) is 3.07. The van der Waals surface area contributed by atoms with E-state index in [1.54, 1.807) is 0 Å². The second-order valence-electron chi connectivity index (χ2n) is 3.38. The maximum Gasteiger partial charge on any atom is 0.207 e. The van der Waals surface area contributed by atoms with E-state index in [4.69, 9.17) is 4.43 Å². The zero-order valence-electron chi connectivity index (χ0n) is 8.99. The van der Waals surface area contributed by atoms with Crippen molar-refractivity contribution >= 4 is 20.3 Å². The van der Waals surface area contributed by atoms with Crippen LogP contribution in [0.1, 0.15) is 18.9 Å². The van der Waals surface area contributed by atoms with Crippen molar-refractivity contribution in [2.24, 2.45) is 0 Å². The van der Waals surface area contributed by atoms with Crippen molar-refractivity contribution in [1.82, 2.24) is 0 Å². The lowest BCUT2D eigenvalue weighted by Gasteiger charge is -2.12. The van der Waals surface area contributed by atoms with Crippen molar-refractivity contribution in [3.05, 3.63) is 36.4 Å². The van der Waals surface area contributed by atoms with Gasteiger partial charge in [0, 0.05) is 7.11 Å². The molecule has 1 nitrogen and oxygen atoms in total. The number of rotatable bonds is 5.